The van der Waals surface area contributed by atoms with Gasteiger partial charge in [0.05, 0.1) is 11.2 Å². The van der Waals surface area contributed by atoms with E-state index >= 15 is 0 Å². The number of nitrogens with zero attached hydrogens (tertiary/aromatic N) is 3. The number of rotatable bonds is 4. The highest BCUT2D eigenvalue weighted by Crippen LogP contribution is 2.36. The topological polar surface area (TPSA) is 47.5 Å². The molecule has 5 nitrogen and oxygen atoms in total. The average molecular weight is 331 g/mol. The summed E-state index contributed by atoms with van der Waals surface area (Å²) in [5.41, 5.74) is 0.207. The Morgan fingerprint density at radius 1 is 1.04 bits per heavy atom. The molecular weight excluding hydrogens is 301 g/mol. The van der Waals surface area contributed by atoms with Crippen molar-refractivity contribution in [2.45, 2.75) is 84.0 Å². The van der Waals surface area contributed by atoms with Crippen LogP contribution in [-0.4, -0.2) is 40.9 Å². The van der Waals surface area contributed by atoms with Gasteiger partial charge in [-0.1, -0.05) is 19.3 Å². The third kappa shape index (κ3) is 3.31. The van der Waals surface area contributed by atoms with Crippen LogP contribution in [0.15, 0.2) is 12.4 Å². The fourth-order valence-electron chi connectivity index (χ4n) is 3.54. The van der Waals surface area contributed by atoms with Crippen LogP contribution in [0.2, 0.25) is 0 Å². The molecular formula is C18H30BN3O2. The van der Waals surface area contributed by atoms with E-state index < -0.39 is 7.12 Å². The van der Waals surface area contributed by atoms with Crippen LogP contribution in [0.1, 0.15) is 66.7 Å². The SMILES string of the molecule is CCN(c1ncc(B2OC(C)(C)C(C)(C)O2)cn1)C1CCCCC1. The molecule has 0 radical (unpaired) electrons. The Hall–Kier alpha value is -1.14. The molecule has 2 heterocycles. The van der Waals surface area contributed by atoms with Crippen LogP contribution >= 0.6 is 0 Å². The largest absolute Gasteiger partial charge is 0.498 e. The van der Waals surface area contributed by atoms with Crippen molar-refractivity contribution in [3.63, 3.8) is 0 Å². The maximum atomic E-state index is 6.08. The Balaban J connectivity index is 1.73. The molecule has 0 N–H and O–H groups in total. The third-order valence-corrected chi connectivity index (χ3v) is 5.80. The van der Waals surface area contributed by atoms with Crippen LogP contribution in [0.5, 0.6) is 0 Å². The Bertz CT molecular complexity index is 540. The molecule has 0 spiro atoms. The molecule has 1 aliphatic carbocycles. The molecule has 0 atom stereocenters. The predicted octanol–water partition coefficient (Wildman–Crippen LogP) is 2.93. The highest BCUT2D eigenvalue weighted by Gasteiger charge is 2.52. The van der Waals surface area contributed by atoms with Gasteiger partial charge in [-0.2, -0.15) is 0 Å². The summed E-state index contributed by atoms with van der Waals surface area (Å²) in [4.78, 5) is 11.6. The van der Waals surface area contributed by atoms with E-state index in [1.54, 1.807) is 0 Å². The van der Waals surface area contributed by atoms with Crippen LogP contribution in [0.3, 0.4) is 0 Å². The van der Waals surface area contributed by atoms with Gasteiger partial charge in [-0.15, -0.1) is 0 Å². The van der Waals surface area contributed by atoms with Crippen molar-refractivity contribution in [2.24, 2.45) is 0 Å². The summed E-state index contributed by atoms with van der Waals surface area (Å²) in [5.74, 6) is 0.824. The van der Waals surface area contributed by atoms with E-state index in [0.717, 1.165) is 18.0 Å². The van der Waals surface area contributed by atoms with Gasteiger partial charge in [0.2, 0.25) is 5.95 Å². The van der Waals surface area contributed by atoms with Gasteiger partial charge < -0.3 is 14.2 Å². The molecule has 0 amide bonds. The average Bonchev–Trinajstić information content (AvgIpc) is 2.78. The first-order valence-electron chi connectivity index (χ1n) is 9.28. The van der Waals surface area contributed by atoms with Crippen molar-refractivity contribution in [1.29, 1.82) is 0 Å². The van der Waals surface area contributed by atoms with Crippen LogP contribution in [0.4, 0.5) is 5.95 Å². The Morgan fingerprint density at radius 3 is 2.08 bits per heavy atom. The van der Waals surface area contributed by atoms with E-state index in [2.05, 4.69) is 49.5 Å². The lowest BCUT2D eigenvalue weighted by atomic mass is 9.81. The van der Waals surface area contributed by atoms with Crippen molar-refractivity contribution >= 4 is 18.5 Å². The van der Waals surface area contributed by atoms with E-state index in [0.29, 0.717) is 6.04 Å². The lowest BCUT2D eigenvalue weighted by molar-refractivity contribution is 0.00578. The molecule has 132 valence electrons. The monoisotopic (exact) mass is 331 g/mol. The first-order chi connectivity index (χ1) is 11.3. The van der Waals surface area contributed by atoms with Gasteiger partial charge in [-0.25, -0.2) is 9.97 Å². The minimum atomic E-state index is -0.395. The molecule has 1 saturated heterocycles. The zero-order valence-corrected chi connectivity index (χ0v) is 15.7. The molecule has 0 unspecified atom stereocenters. The summed E-state index contributed by atoms with van der Waals surface area (Å²) in [6.45, 7) is 11.4. The maximum absolute atomic E-state index is 6.08. The van der Waals surface area contributed by atoms with Crippen molar-refractivity contribution in [3.05, 3.63) is 12.4 Å². The molecule has 1 aromatic rings. The zero-order chi connectivity index (χ0) is 17.4. The lowest BCUT2D eigenvalue weighted by Crippen LogP contribution is -2.41. The van der Waals surface area contributed by atoms with Crippen LogP contribution in [0.25, 0.3) is 0 Å². The van der Waals surface area contributed by atoms with Crippen molar-refractivity contribution < 1.29 is 9.31 Å². The van der Waals surface area contributed by atoms with Gasteiger partial charge in [-0.05, 0) is 47.5 Å². The van der Waals surface area contributed by atoms with E-state index in [-0.39, 0.29) is 11.2 Å². The summed E-state index contributed by atoms with van der Waals surface area (Å²) in [6.07, 6.45) is 10.2. The highest BCUT2D eigenvalue weighted by atomic mass is 16.7. The summed E-state index contributed by atoms with van der Waals surface area (Å²) in [6, 6.07) is 0.575. The van der Waals surface area contributed by atoms with Crippen molar-refractivity contribution in [2.75, 3.05) is 11.4 Å². The molecule has 3 rings (SSSR count). The number of anilines is 1. The normalized spacial score (nSPS) is 23.5. The van der Waals surface area contributed by atoms with Crippen LogP contribution in [-0.2, 0) is 9.31 Å². The van der Waals surface area contributed by atoms with Gasteiger partial charge in [0.15, 0.2) is 0 Å². The molecule has 1 saturated carbocycles. The molecule has 2 fully saturated rings. The number of hydrogen-bond acceptors (Lipinski definition) is 5. The fraction of sp³-hybridized carbons (Fsp3) is 0.778. The highest BCUT2D eigenvalue weighted by molar-refractivity contribution is 6.61. The third-order valence-electron chi connectivity index (χ3n) is 5.80. The van der Waals surface area contributed by atoms with Crippen molar-refractivity contribution in [3.8, 4) is 0 Å². The summed E-state index contributed by atoms with van der Waals surface area (Å²) >= 11 is 0. The van der Waals surface area contributed by atoms with Gasteiger partial charge in [-0.3, -0.25) is 0 Å². The second-order valence-corrected chi connectivity index (χ2v) is 7.98. The Kier molecular flexibility index (Phi) is 4.89. The number of aromatic nitrogens is 2. The summed E-state index contributed by atoms with van der Waals surface area (Å²) in [5, 5.41) is 0. The predicted molar refractivity (Wildman–Crippen MR) is 97.6 cm³/mol. The van der Waals surface area contributed by atoms with Crippen LogP contribution < -0.4 is 10.4 Å². The second-order valence-electron chi connectivity index (χ2n) is 7.98. The smallest absolute Gasteiger partial charge is 0.399 e. The molecule has 0 aromatic carbocycles. The Morgan fingerprint density at radius 2 is 1.58 bits per heavy atom. The second kappa shape index (κ2) is 6.64. The molecule has 24 heavy (non-hydrogen) atoms. The molecule has 6 heteroatoms. The van der Waals surface area contributed by atoms with Gasteiger partial charge in [0.1, 0.15) is 0 Å². The first-order valence-corrected chi connectivity index (χ1v) is 9.28. The van der Waals surface area contributed by atoms with E-state index in [1.165, 1.54) is 32.1 Å². The summed E-state index contributed by atoms with van der Waals surface area (Å²) in [7, 11) is -0.395. The van der Waals surface area contributed by atoms with Gasteiger partial charge in [0, 0.05) is 30.4 Å². The minimum Gasteiger partial charge on any atom is -0.399 e. The van der Waals surface area contributed by atoms with E-state index in [9.17, 15) is 0 Å². The van der Waals surface area contributed by atoms with Crippen LogP contribution in [0, 0.1) is 0 Å². The first kappa shape index (κ1) is 17.7. The number of hydrogen-bond donors (Lipinski definition) is 0. The van der Waals surface area contributed by atoms with Gasteiger partial charge >= 0.3 is 7.12 Å². The zero-order valence-electron chi connectivity index (χ0n) is 15.7. The standard InChI is InChI=1S/C18H30BN3O2/c1-6-22(15-10-8-7-9-11-15)16-20-12-14(13-21-16)19-23-17(2,3)18(4,5)24-19/h12-13,15H,6-11H2,1-5H3. The van der Waals surface area contributed by atoms with E-state index in [1.807, 2.05) is 12.4 Å². The summed E-state index contributed by atoms with van der Waals surface area (Å²) < 4.78 is 12.2. The quantitative estimate of drug-likeness (QED) is 0.794. The molecule has 1 aromatic heterocycles. The van der Waals surface area contributed by atoms with Crippen molar-refractivity contribution in [1.82, 2.24) is 9.97 Å². The Labute approximate surface area is 146 Å². The fourth-order valence-corrected chi connectivity index (χ4v) is 3.54. The minimum absolute atomic E-state index is 0.339. The molecule has 1 aliphatic heterocycles. The van der Waals surface area contributed by atoms with E-state index in [4.69, 9.17) is 9.31 Å². The molecule has 2 aliphatic rings. The van der Waals surface area contributed by atoms with Gasteiger partial charge in [0.25, 0.3) is 0 Å². The maximum Gasteiger partial charge on any atom is 0.498 e. The molecule has 0 bridgehead atoms. The lowest BCUT2D eigenvalue weighted by Gasteiger charge is -2.33.